The second-order valence-electron chi connectivity index (χ2n) is 11.4. The van der Waals surface area contributed by atoms with E-state index in [1.165, 1.54) is 64.2 Å². The van der Waals surface area contributed by atoms with E-state index in [1.807, 2.05) is 6.92 Å². The van der Waals surface area contributed by atoms with Crippen LogP contribution >= 0.6 is 0 Å². The molecule has 0 aromatic rings. The fraction of sp³-hybridized carbons (Fsp3) is 1.00. The van der Waals surface area contributed by atoms with Crippen LogP contribution in [0.1, 0.15) is 124 Å². The SMILES string of the molecule is CCCCCC(C)OC1CCC(C2CCC(C3CCC(CCC)CC3)CC2)C(F)C1F. The molecule has 0 aromatic heterocycles. The summed E-state index contributed by atoms with van der Waals surface area (Å²) in [4.78, 5) is 0. The van der Waals surface area contributed by atoms with Gasteiger partial charge in [-0.3, -0.25) is 0 Å². The monoisotopic (exact) mass is 440 g/mol. The van der Waals surface area contributed by atoms with Crippen LogP contribution in [0.3, 0.4) is 0 Å². The van der Waals surface area contributed by atoms with Crippen molar-refractivity contribution in [1.82, 2.24) is 0 Å². The van der Waals surface area contributed by atoms with Gasteiger partial charge in [0.1, 0.15) is 6.17 Å². The second kappa shape index (κ2) is 12.9. The van der Waals surface area contributed by atoms with Gasteiger partial charge in [-0.25, -0.2) is 8.78 Å². The minimum Gasteiger partial charge on any atom is -0.372 e. The van der Waals surface area contributed by atoms with E-state index in [-0.39, 0.29) is 12.0 Å². The van der Waals surface area contributed by atoms with Crippen LogP contribution in [-0.2, 0) is 4.74 Å². The van der Waals surface area contributed by atoms with Crippen molar-refractivity contribution in [3.05, 3.63) is 0 Å². The van der Waals surface area contributed by atoms with Crippen LogP contribution in [0, 0.1) is 29.6 Å². The molecular formula is C28H50F2O. The van der Waals surface area contributed by atoms with Crippen molar-refractivity contribution in [3.63, 3.8) is 0 Å². The lowest BCUT2D eigenvalue weighted by molar-refractivity contribution is -0.112. The van der Waals surface area contributed by atoms with Crippen LogP contribution < -0.4 is 0 Å². The Bertz CT molecular complexity index is 481. The Hall–Kier alpha value is -0.180. The molecule has 0 bridgehead atoms. The Morgan fingerprint density at radius 1 is 0.710 bits per heavy atom. The molecule has 0 N–H and O–H groups in total. The van der Waals surface area contributed by atoms with E-state index in [1.54, 1.807) is 0 Å². The zero-order valence-electron chi connectivity index (χ0n) is 20.7. The average molecular weight is 441 g/mol. The van der Waals surface area contributed by atoms with E-state index in [4.69, 9.17) is 4.74 Å². The quantitative estimate of drug-likeness (QED) is 0.308. The van der Waals surface area contributed by atoms with E-state index in [9.17, 15) is 4.39 Å². The summed E-state index contributed by atoms with van der Waals surface area (Å²) in [5.74, 6) is 3.04. The van der Waals surface area contributed by atoms with Gasteiger partial charge < -0.3 is 4.74 Å². The number of unbranched alkanes of at least 4 members (excludes halogenated alkanes) is 2. The Morgan fingerprint density at radius 2 is 1.32 bits per heavy atom. The van der Waals surface area contributed by atoms with Crippen LogP contribution in [0.2, 0.25) is 0 Å². The molecule has 0 heterocycles. The fourth-order valence-corrected chi connectivity index (χ4v) is 7.20. The number of ether oxygens (including phenoxy) is 1. The van der Waals surface area contributed by atoms with Crippen LogP contribution in [0.25, 0.3) is 0 Å². The van der Waals surface area contributed by atoms with Gasteiger partial charge in [0, 0.05) is 0 Å². The normalized spacial score (nSPS) is 40.5. The third-order valence-corrected chi connectivity index (χ3v) is 9.15. The summed E-state index contributed by atoms with van der Waals surface area (Å²) in [6, 6.07) is 0. The van der Waals surface area contributed by atoms with Crippen molar-refractivity contribution in [2.75, 3.05) is 0 Å². The number of hydrogen-bond donors (Lipinski definition) is 0. The lowest BCUT2D eigenvalue weighted by Gasteiger charge is -2.43. The van der Waals surface area contributed by atoms with Gasteiger partial charge >= 0.3 is 0 Å². The maximum Gasteiger partial charge on any atom is 0.157 e. The molecule has 0 amide bonds. The maximum atomic E-state index is 15.1. The third-order valence-electron chi connectivity index (χ3n) is 9.15. The summed E-state index contributed by atoms with van der Waals surface area (Å²) in [6.07, 6.45) is 15.9. The molecule has 1 nitrogen and oxygen atoms in total. The van der Waals surface area contributed by atoms with Gasteiger partial charge in [0.15, 0.2) is 6.17 Å². The number of alkyl halides is 2. The number of hydrogen-bond acceptors (Lipinski definition) is 1. The summed E-state index contributed by atoms with van der Waals surface area (Å²) >= 11 is 0. The van der Waals surface area contributed by atoms with Crippen LogP contribution in [0.4, 0.5) is 8.78 Å². The fourth-order valence-electron chi connectivity index (χ4n) is 7.20. The molecule has 0 aromatic carbocycles. The lowest BCUT2D eigenvalue weighted by atomic mass is 9.65. The summed E-state index contributed by atoms with van der Waals surface area (Å²) in [5.41, 5.74) is 0. The summed E-state index contributed by atoms with van der Waals surface area (Å²) in [7, 11) is 0. The average Bonchev–Trinajstić information content (AvgIpc) is 2.78. The van der Waals surface area contributed by atoms with Crippen LogP contribution in [0.5, 0.6) is 0 Å². The molecule has 3 saturated carbocycles. The predicted molar refractivity (Wildman–Crippen MR) is 127 cm³/mol. The predicted octanol–water partition coefficient (Wildman–Crippen LogP) is 8.84. The number of rotatable bonds is 10. The van der Waals surface area contributed by atoms with Gasteiger partial charge in [-0.15, -0.1) is 0 Å². The van der Waals surface area contributed by atoms with Crippen molar-refractivity contribution < 1.29 is 13.5 Å². The molecule has 3 aliphatic carbocycles. The molecule has 0 aliphatic heterocycles. The first-order valence-corrected chi connectivity index (χ1v) is 14.0. The van der Waals surface area contributed by atoms with Crippen LogP contribution in [-0.4, -0.2) is 24.6 Å². The maximum absolute atomic E-state index is 15.1. The van der Waals surface area contributed by atoms with E-state index < -0.39 is 18.4 Å². The van der Waals surface area contributed by atoms with Crippen molar-refractivity contribution >= 4 is 0 Å². The van der Waals surface area contributed by atoms with Crippen molar-refractivity contribution in [2.45, 2.75) is 148 Å². The molecule has 0 radical (unpaired) electrons. The lowest BCUT2D eigenvalue weighted by Crippen LogP contribution is -2.46. The van der Waals surface area contributed by atoms with Gasteiger partial charge in [-0.2, -0.15) is 0 Å². The Balaban J connectivity index is 1.40. The van der Waals surface area contributed by atoms with E-state index >= 15 is 4.39 Å². The van der Waals surface area contributed by atoms with E-state index in [0.717, 1.165) is 49.9 Å². The Labute approximate surface area is 191 Å². The Kier molecular flexibility index (Phi) is 10.6. The largest absolute Gasteiger partial charge is 0.372 e. The molecule has 182 valence electrons. The standard InChI is InChI=1S/C28H50F2O/c1-4-6-7-9-20(3)31-26-19-18-25(27(29)28(26)30)24-16-14-23(15-17-24)22-12-10-21(8-5-2)11-13-22/h20-28H,4-19H2,1-3H3. The molecule has 5 unspecified atom stereocenters. The van der Waals surface area contributed by atoms with Crippen molar-refractivity contribution in [3.8, 4) is 0 Å². The topological polar surface area (TPSA) is 9.23 Å². The van der Waals surface area contributed by atoms with E-state index in [0.29, 0.717) is 12.3 Å². The van der Waals surface area contributed by atoms with Gasteiger partial charge in [0.25, 0.3) is 0 Å². The van der Waals surface area contributed by atoms with Crippen molar-refractivity contribution in [2.24, 2.45) is 29.6 Å². The first kappa shape index (κ1) is 25.4. The summed E-state index contributed by atoms with van der Waals surface area (Å²) in [5, 5.41) is 0. The zero-order chi connectivity index (χ0) is 22.2. The minimum atomic E-state index is -1.43. The first-order chi connectivity index (χ1) is 15.0. The highest BCUT2D eigenvalue weighted by molar-refractivity contribution is 4.94. The Morgan fingerprint density at radius 3 is 1.94 bits per heavy atom. The van der Waals surface area contributed by atoms with Crippen LogP contribution in [0.15, 0.2) is 0 Å². The molecule has 31 heavy (non-hydrogen) atoms. The second-order valence-corrected chi connectivity index (χ2v) is 11.4. The van der Waals surface area contributed by atoms with Gasteiger partial charge in [0.2, 0.25) is 0 Å². The first-order valence-electron chi connectivity index (χ1n) is 14.0. The smallest absolute Gasteiger partial charge is 0.157 e. The van der Waals surface area contributed by atoms with Gasteiger partial charge in [0.05, 0.1) is 12.2 Å². The highest BCUT2D eigenvalue weighted by Crippen LogP contribution is 2.47. The molecule has 3 heteroatoms. The third kappa shape index (κ3) is 7.15. The number of halogens is 2. The van der Waals surface area contributed by atoms with Gasteiger partial charge in [-0.05, 0) is 94.3 Å². The molecule has 0 spiro atoms. The zero-order valence-corrected chi connectivity index (χ0v) is 20.7. The highest BCUT2D eigenvalue weighted by Gasteiger charge is 2.45. The minimum absolute atomic E-state index is 0.0430. The summed E-state index contributed by atoms with van der Waals surface area (Å²) in [6.45, 7) is 6.52. The molecule has 0 saturated heterocycles. The van der Waals surface area contributed by atoms with E-state index in [2.05, 4.69) is 13.8 Å². The molecule has 5 atom stereocenters. The molecular weight excluding hydrogens is 390 g/mol. The van der Waals surface area contributed by atoms with Crippen molar-refractivity contribution in [1.29, 1.82) is 0 Å². The molecule has 3 aliphatic rings. The van der Waals surface area contributed by atoms with Gasteiger partial charge in [-0.1, -0.05) is 58.8 Å². The molecule has 3 rings (SSSR count). The summed E-state index contributed by atoms with van der Waals surface area (Å²) < 4.78 is 36.1. The highest BCUT2D eigenvalue weighted by atomic mass is 19.2. The molecule has 3 fully saturated rings.